The van der Waals surface area contributed by atoms with Crippen molar-refractivity contribution in [3.63, 3.8) is 0 Å². The second-order valence-electron chi connectivity index (χ2n) is 6.69. The summed E-state index contributed by atoms with van der Waals surface area (Å²) in [5.41, 5.74) is 8.76. The second kappa shape index (κ2) is 7.26. The summed E-state index contributed by atoms with van der Waals surface area (Å²) in [6.07, 6.45) is 3.24. The highest BCUT2D eigenvalue weighted by Gasteiger charge is 2.47. The normalized spacial score (nSPS) is 14.2. The quantitative estimate of drug-likeness (QED) is 0.371. The van der Waals surface area contributed by atoms with Gasteiger partial charge in [0.25, 0.3) is 0 Å². The lowest BCUT2D eigenvalue weighted by atomic mass is 9.70. The third kappa shape index (κ3) is 2.76. The highest BCUT2D eigenvalue weighted by Crippen LogP contribution is 2.44. The number of allylic oxidation sites excluding steroid dienone is 1. The van der Waals surface area contributed by atoms with Gasteiger partial charge in [0.05, 0.1) is 0 Å². The molecular weight excluding hydrogens is 326 g/mol. The Morgan fingerprint density at radius 3 is 2.54 bits per heavy atom. The number of benzene rings is 2. The molecule has 4 nitrogen and oxygen atoms in total. The zero-order chi connectivity index (χ0) is 18.7. The highest BCUT2D eigenvalue weighted by molar-refractivity contribution is 6.14. The van der Waals surface area contributed by atoms with Crippen LogP contribution in [0.25, 0.3) is 11.1 Å². The molecule has 0 saturated carbocycles. The molecule has 0 amide bonds. The highest BCUT2D eigenvalue weighted by atomic mass is 16.4. The molecule has 1 aliphatic rings. The zero-order valence-electron chi connectivity index (χ0n) is 14.7. The smallest absolute Gasteiger partial charge is 0.322 e. The lowest BCUT2D eigenvalue weighted by Crippen LogP contribution is -2.44. The maximum absolute atomic E-state index is 12.8. The van der Waals surface area contributed by atoms with Gasteiger partial charge in [-0.25, -0.2) is 0 Å². The second-order valence-corrected chi connectivity index (χ2v) is 6.69. The predicted octanol–water partition coefficient (Wildman–Crippen LogP) is 3.46. The van der Waals surface area contributed by atoms with E-state index in [9.17, 15) is 14.7 Å². The van der Waals surface area contributed by atoms with E-state index in [2.05, 4.69) is 6.58 Å². The number of carbonyl (C=O) groups is 2. The van der Waals surface area contributed by atoms with Crippen LogP contribution >= 0.6 is 0 Å². The fourth-order valence-electron chi connectivity index (χ4n) is 3.98. The van der Waals surface area contributed by atoms with Crippen LogP contribution in [0.3, 0.4) is 0 Å². The van der Waals surface area contributed by atoms with Crippen molar-refractivity contribution >= 4 is 11.8 Å². The van der Waals surface area contributed by atoms with Crippen LogP contribution in [0, 0.1) is 0 Å². The van der Waals surface area contributed by atoms with Crippen molar-refractivity contribution in [3.8, 4) is 11.1 Å². The van der Waals surface area contributed by atoms with Crippen LogP contribution in [0.5, 0.6) is 0 Å². The van der Waals surface area contributed by atoms with Crippen LogP contribution in [-0.2, 0) is 21.4 Å². The minimum atomic E-state index is -1.61. The largest absolute Gasteiger partial charge is 0.480 e. The summed E-state index contributed by atoms with van der Waals surface area (Å²) in [5.74, 6) is -1.59. The summed E-state index contributed by atoms with van der Waals surface area (Å²) in [4.78, 5) is 25.2. The Balaban J connectivity index is 2.19. The third-order valence-electron chi connectivity index (χ3n) is 5.29. The lowest BCUT2D eigenvalue weighted by Gasteiger charge is -2.29. The zero-order valence-corrected chi connectivity index (χ0v) is 14.7. The molecule has 0 radical (unpaired) electrons. The van der Waals surface area contributed by atoms with Crippen molar-refractivity contribution in [3.05, 3.63) is 71.8 Å². The molecule has 3 N–H and O–H groups in total. The Kier molecular flexibility index (Phi) is 5.05. The maximum atomic E-state index is 12.8. The molecule has 1 aliphatic carbocycles. The summed E-state index contributed by atoms with van der Waals surface area (Å²) in [7, 11) is 0. The summed E-state index contributed by atoms with van der Waals surface area (Å²) >= 11 is 0. The fourth-order valence-corrected chi connectivity index (χ4v) is 3.98. The number of aliphatic carboxylic acids is 1. The topological polar surface area (TPSA) is 80.4 Å². The van der Waals surface area contributed by atoms with Gasteiger partial charge in [-0.1, -0.05) is 55.5 Å². The van der Waals surface area contributed by atoms with E-state index in [1.54, 1.807) is 6.07 Å². The Morgan fingerprint density at radius 2 is 1.85 bits per heavy atom. The molecule has 4 heteroatoms. The van der Waals surface area contributed by atoms with Gasteiger partial charge in [0.2, 0.25) is 0 Å². The van der Waals surface area contributed by atoms with Crippen LogP contribution in [-0.4, -0.2) is 23.4 Å². The van der Waals surface area contributed by atoms with Gasteiger partial charge in [-0.2, -0.15) is 0 Å². The van der Waals surface area contributed by atoms with Gasteiger partial charge in [-0.15, -0.1) is 0 Å². The van der Waals surface area contributed by atoms with Gasteiger partial charge < -0.3 is 10.8 Å². The van der Waals surface area contributed by atoms with Gasteiger partial charge >= 0.3 is 5.97 Å². The first-order chi connectivity index (χ1) is 12.6. The van der Waals surface area contributed by atoms with Crippen molar-refractivity contribution in [2.45, 2.75) is 31.1 Å². The van der Waals surface area contributed by atoms with Crippen molar-refractivity contribution in [2.75, 3.05) is 6.54 Å². The average molecular weight is 349 g/mol. The Bertz CT molecular complexity index is 871. The van der Waals surface area contributed by atoms with Crippen LogP contribution in [0.1, 0.15) is 36.0 Å². The van der Waals surface area contributed by atoms with E-state index in [1.165, 1.54) is 0 Å². The number of hydrogen-bond donors (Lipinski definition) is 2. The van der Waals surface area contributed by atoms with Crippen LogP contribution in [0.4, 0.5) is 0 Å². The van der Waals surface area contributed by atoms with Crippen molar-refractivity contribution in [2.24, 2.45) is 5.73 Å². The molecule has 3 rings (SSSR count). The SMILES string of the molecule is C=CC(=O)C(CCCCN)(C(=O)O)c1cccc2c1Cc1ccccc1-2. The summed E-state index contributed by atoms with van der Waals surface area (Å²) < 4.78 is 0. The van der Waals surface area contributed by atoms with Crippen LogP contribution in [0.2, 0.25) is 0 Å². The first kappa shape index (κ1) is 18.1. The molecule has 1 atom stereocenters. The number of unbranched alkanes of at least 4 members (excludes halogenated alkanes) is 1. The monoisotopic (exact) mass is 349 g/mol. The molecule has 26 heavy (non-hydrogen) atoms. The maximum Gasteiger partial charge on any atom is 0.322 e. The standard InChI is InChI=1S/C22H23NO3/c1-2-20(24)22(21(25)26,12-5-6-13-23)19-11-7-10-17-16-9-4-3-8-15(16)14-18(17)19/h2-4,7-11H,1,5-6,12-14,23H2,(H,25,26). The molecule has 0 saturated heterocycles. The minimum Gasteiger partial charge on any atom is -0.480 e. The average Bonchev–Trinajstić information content (AvgIpc) is 3.03. The Hall–Kier alpha value is -2.72. The Morgan fingerprint density at radius 1 is 1.12 bits per heavy atom. The number of carboxylic acids is 1. The Labute approximate surface area is 153 Å². The van der Waals surface area contributed by atoms with Crippen LogP contribution in [0.15, 0.2) is 55.1 Å². The van der Waals surface area contributed by atoms with E-state index in [0.29, 0.717) is 31.4 Å². The number of rotatable bonds is 8. The van der Waals surface area contributed by atoms with Gasteiger partial charge in [-0.05, 0) is 59.7 Å². The number of carbonyl (C=O) groups excluding carboxylic acids is 1. The summed E-state index contributed by atoms with van der Waals surface area (Å²) in [6, 6.07) is 13.7. The van der Waals surface area contributed by atoms with Crippen molar-refractivity contribution < 1.29 is 14.7 Å². The number of nitrogens with two attached hydrogens (primary N) is 1. The van der Waals surface area contributed by atoms with Gasteiger partial charge in [0.1, 0.15) is 0 Å². The molecular formula is C22H23NO3. The third-order valence-corrected chi connectivity index (χ3v) is 5.29. The van der Waals surface area contributed by atoms with E-state index < -0.39 is 17.2 Å². The lowest BCUT2D eigenvalue weighted by molar-refractivity contribution is -0.148. The molecule has 0 bridgehead atoms. The molecule has 1 unspecified atom stereocenters. The molecule has 0 aliphatic heterocycles. The predicted molar refractivity (Wildman–Crippen MR) is 102 cm³/mol. The molecule has 0 spiro atoms. The van der Waals surface area contributed by atoms with Gasteiger partial charge in [0, 0.05) is 0 Å². The molecule has 2 aromatic rings. The van der Waals surface area contributed by atoms with E-state index in [1.807, 2.05) is 36.4 Å². The first-order valence-corrected chi connectivity index (χ1v) is 8.87. The molecule has 0 heterocycles. The van der Waals surface area contributed by atoms with Crippen molar-refractivity contribution in [1.29, 1.82) is 0 Å². The molecule has 2 aromatic carbocycles. The molecule has 0 aromatic heterocycles. The summed E-state index contributed by atoms with van der Waals surface area (Å²) in [5, 5.41) is 10.1. The van der Waals surface area contributed by atoms with Gasteiger partial charge in [-0.3, -0.25) is 9.59 Å². The van der Waals surface area contributed by atoms with E-state index in [4.69, 9.17) is 5.73 Å². The molecule has 0 fully saturated rings. The minimum absolute atomic E-state index is 0.219. The fraction of sp³-hybridized carbons (Fsp3) is 0.273. The van der Waals surface area contributed by atoms with E-state index in [0.717, 1.165) is 28.3 Å². The van der Waals surface area contributed by atoms with Gasteiger partial charge in [0.15, 0.2) is 11.2 Å². The van der Waals surface area contributed by atoms with E-state index >= 15 is 0 Å². The number of hydrogen-bond acceptors (Lipinski definition) is 3. The summed E-state index contributed by atoms with van der Waals surface area (Å²) in [6.45, 7) is 4.03. The first-order valence-electron chi connectivity index (χ1n) is 8.87. The number of carboxylic acid groups (broad SMARTS) is 1. The van der Waals surface area contributed by atoms with Crippen molar-refractivity contribution in [1.82, 2.24) is 0 Å². The van der Waals surface area contributed by atoms with E-state index in [-0.39, 0.29) is 6.42 Å². The number of fused-ring (bicyclic) bond motifs is 3. The van der Waals surface area contributed by atoms with Crippen LogP contribution < -0.4 is 5.73 Å². The number of ketones is 1. The molecule has 134 valence electrons.